The second-order valence-corrected chi connectivity index (χ2v) is 7.56. The number of ether oxygens (including phenoxy) is 2. The van der Waals surface area contributed by atoms with Crippen LogP contribution in [0.5, 0.6) is 11.5 Å². The largest absolute Gasteiger partial charge is 0.493 e. The van der Waals surface area contributed by atoms with Gasteiger partial charge in [-0.15, -0.1) is 6.58 Å². The molecule has 1 aliphatic carbocycles. The van der Waals surface area contributed by atoms with Gasteiger partial charge in [0, 0.05) is 0 Å². The minimum atomic E-state index is -0.996. The number of carbonyl (C=O) groups is 1. The van der Waals surface area contributed by atoms with Gasteiger partial charge < -0.3 is 14.6 Å². The lowest BCUT2D eigenvalue weighted by Gasteiger charge is -2.36. The minimum absolute atomic E-state index is 0.0935. The molecule has 1 N–H and O–H groups in total. The molecule has 0 aliphatic heterocycles. The Kier molecular flexibility index (Phi) is 7.25. The summed E-state index contributed by atoms with van der Waals surface area (Å²) >= 11 is 0. The Morgan fingerprint density at radius 2 is 2.00 bits per heavy atom. The highest BCUT2D eigenvalue weighted by Gasteiger charge is 2.43. The fourth-order valence-corrected chi connectivity index (χ4v) is 3.92. The summed E-state index contributed by atoms with van der Waals surface area (Å²) in [6.45, 7) is 7.95. The van der Waals surface area contributed by atoms with E-state index in [1.54, 1.807) is 20.3 Å². The van der Waals surface area contributed by atoms with Crippen molar-refractivity contribution < 1.29 is 19.4 Å². The number of hydrogen-bond acceptors (Lipinski definition) is 4. The first kappa shape index (κ1) is 21.2. The Hall–Kier alpha value is -2.07. The maximum absolute atomic E-state index is 13.6. The first-order valence-electron chi connectivity index (χ1n) is 9.61. The molecule has 1 aromatic carbocycles. The number of carbonyl (C=O) groups excluding carboxylic acids is 1. The predicted molar refractivity (Wildman–Crippen MR) is 108 cm³/mol. The molecule has 27 heavy (non-hydrogen) atoms. The van der Waals surface area contributed by atoms with Gasteiger partial charge in [-0.25, -0.2) is 0 Å². The zero-order valence-electron chi connectivity index (χ0n) is 17.0. The normalized spacial score (nSPS) is 28.8. The summed E-state index contributed by atoms with van der Waals surface area (Å²) in [6.07, 6.45) is 6.59. The lowest BCUT2D eigenvalue weighted by atomic mass is 9.67. The summed E-state index contributed by atoms with van der Waals surface area (Å²) in [6, 6.07) is 5.59. The van der Waals surface area contributed by atoms with E-state index >= 15 is 0 Å². The Balaban J connectivity index is 2.62. The molecule has 2 rings (SSSR count). The van der Waals surface area contributed by atoms with Crippen molar-refractivity contribution >= 4 is 5.78 Å². The van der Waals surface area contributed by atoms with E-state index in [1.807, 2.05) is 25.1 Å². The number of hydrogen-bond donors (Lipinski definition) is 1. The molecule has 0 saturated carbocycles. The van der Waals surface area contributed by atoms with Crippen LogP contribution in [-0.2, 0) is 10.2 Å². The zero-order valence-corrected chi connectivity index (χ0v) is 17.0. The average molecular weight is 373 g/mol. The smallest absolute Gasteiger partial charge is 0.172 e. The first-order chi connectivity index (χ1) is 12.9. The highest BCUT2D eigenvalue weighted by Crippen LogP contribution is 2.42. The van der Waals surface area contributed by atoms with Crippen LogP contribution >= 0.6 is 0 Å². The average Bonchev–Trinajstić information content (AvgIpc) is 2.68. The molecule has 148 valence electrons. The highest BCUT2D eigenvalue weighted by atomic mass is 16.5. The van der Waals surface area contributed by atoms with Crippen molar-refractivity contribution in [3.8, 4) is 11.5 Å². The van der Waals surface area contributed by atoms with Gasteiger partial charge in [0.1, 0.15) is 6.10 Å². The van der Waals surface area contributed by atoms with Gasteiger partial charge in [0.05, 0.1) is 19.6 Å². The molecule has 0 radical (unpaired) electrons. The fraction of sp³-hybridized carbons (Fsp3) is 0.522. The Morgan fingerprint density at radius 3 is 2.63 bits per heavy atom. The van der Waals surface area contributed by atoms with E-state index in [9.17, 15) is 9.90 Å². The van der Waals surface area contributed by atoms with E-state index in [-0.39, 0.29) is 11.7 Å². The van der Waals surface area contributed by atoms with Crippen molar-refractivity contribution in [1.82, 2.24) is 0 Å². The van der Waals surface area contributed by atoms with Crippen molar-refractivity contribution in [2.24, 2.45) is 5.92 Å². The molecule has 0 fully saturated rings. The molecule has 1 aromatic rings. The number of benzene rings is 1. The van der Waals surface area contributed by atoms with E-state index in [4.69, 9.17) is 9.47 Å². The first-order valence-corrected chi connectivity index (χ1v) is 9.61. The topological polar surface area (TPSA) is 55.8 Å². The van der Waals surface area contributed by atoms with Crippen molar-refractivity contribution in [2.75, 3.05) is 14.2 Å². The zero-order chi connectivity index (χ0) is 20.0. The van der Waals surface area contributed by atoms with Crippen LogP contribution < -0.4 is 9.47 Å². The summed E-state index contributed by atoms with van der Waals surface area (Å²) in [5, 5.41) is 10.8. The number of rotatable bonds is 5. The summed E-state index contributed by atoms with van der Waals surface area (Å²) in [5.74, 6) is 0.978. The summed E-state index contributed by atoms with van der Waals surface area (Å²) < 4.78 is 10.8. The van der Waals surface area contributed by atoms with Crippen LogP contribution in [-0.4, -0.2) is 31.2 Å². The molecule has 0 spiro atoms. The molecule has 0 amide bonds. The van der Waals surface area contributed by atoms with E-state index in [0.29, 0.717) is 24.3 Å². The van der Waals surface area contributed by atoms with Gasteiger partial charge in [0.15, 0.2) is 17.3 Å². The summed E-state index contributed by atoms with van der Waals surface area (Å²) in [5.41, 5.74) is 1.28. The summed E-state index contributed by atoms with van der Waals surface area (Å²) in [4.78, 5) is 13.6. The van der Waals surface area contributed by atoms with Gasteiger partial charge in [-0.3, -0.25) is 4.79 Å². The van der Waals surface area contributed by atoms with E-state index in [0.717, 1.165) is 24.8 Å². The van der Waals surface area contributed by atoms with Gasteiger partial charge >= 0.3 is 0 Å². The molecule has 3 atom stereocenters. The second-order valence-electron chi connectivity index (χ2n) is 7.56. The van der Waals surface area contributed by atoms with Gasteiger partial charge in [0.2, 0.25) is 0 Å². The van der Waals surface area contributed by atoms with Crippen LogP contribution in [0.4, 0.5) is 0 Å². The van der Waals surface area contributed by atoms with Crippen LogP contribution in [0.2, 0.25) is 0 Å². The van der Waals surface area contributed by atoms with Crippen LogP contribution in [0.15, 0.2) is 42.5 Å². The van der Waals surface area contributed by atoms with Gasteiger partial charge in [-0.05, 0) is 62.6 Å². The van der Waals surface area contributed by atoms with E-state index in [2.05, 4.69) is 19.6 Å². The van der Waals surface area contributed by atoms with Gasteiger partial charge in [-0.2, -0.15) is 0 Å². The van der Waals surface area contributed by atoms with Crippen LogP contribution in [0.1, 0.15) is 51.5 Å². The Morgan fingerprint density at radius 1 is 1.30 bits per heavy atom. The third kappa shape index (κ3) is 4.44. The molecule has 0 bridgehead atoms. The van der Waals surface area contributed by atoms with Crippen LogP contribution in [0.25, 0.3) is 0 Å². The monoisotopic (exact) mass is 372 g/mol. The molecular weight excluding hydrogens is 340 g/mol. The van der Waals surface area contributed by atoms with Crippen molar-refractivity contribution in [3.05, 3.63) is 48.1 Å². The van der Waals surface area contributed by atoms with E-state index in [1.165, 1.54) is 5.57 Å². The Labute approximate surface area is 162 Å². The molecule has 4 heteroatoms. The molecule has 1 aliphatic rings. The lowest BCUT2D eigenvalue weighted by molar-refractivity contribution is -0.136. The standard InChI is InChI=1S/C23H32O4/c1-6-13-23(18-10-11-19(26-4)20(15-18)27-5)14-12-16(2)8-7-9-17(3)21(24)22(23)25/h6,8,10-11,15,17,21,24H,1,7,9,12-14H2,2-5H3/b16-8+/t17-,21+,23+/m0/s1. The quantitative estimate of drug-likeness (QED) is 0.767. The number of Topliss-reactive ketones (excluding diaryl/α,β-unsaturated/α-hetero) is 1. The number of allylic oxidation sites excluding steroid dienone is 3. The lowest BCUT2D eigenvalue weighted by Crippen LogP contribution is -2.45. The maximum Gasteiger partial charge on any atom is 0.172 e. The van der Waals surface area contributed by atoms with Gasteiger partial charge in [0.25, 0.3) is 0 Å². The number of methoxy groups -OCH3 is 2. The molecule has 0 aromatic heterocycles. The number of aliphatic hydroxyl groups excluding tert-OH is 1. The van der Waals surface area contributed by atoms with Crippen molar-refractivity contribution in [3.63, 3.8) is 0 Å². The van der Waals surface area contributed by atoms with Crippen molar-refractivity contribution in [1.29, 1.82) is 0 Å². The fourth-order valence-electron chi connectivity index (χ4n) is 3.92. The predicted octanol–water partition coefficient (Wildman–Crippen LogP) is 4.60. The minimum Gasteiger partial charge on any atom is -0.493 e. The van der Waals surface area contributed by atoms with Crippen LogP contribution in [0.3, 0.4) is 0 Å². The highest BCUT2D eigenvalue weighted by molar-refractivity contribution is 5.94. The summed E-state index contributed by atoms with van der Waals surface area (Å²) in [7, 11) is 3.17. The molecule has 4 nitrogen and oxygen atoms in total. The van der Waals surface area contributed by atoms with Crippen LogP contribution in [0, 0.1) is 5.92 Å². The van der Waals surface area contributed by atoms with E-state index < -0.39 is 11.5 Å². The maximum atomic E-state index is 13.6. The molecule has 0 saturated heterocycles. The third-order valence-corrected chi connectivity index (χ3v) is 5.77. The number of ketones is 1. The molecule has 0 heterocycles. The number of aliphatic hydroxyl groups is 1. The molecule has 0 unspecified atom stereocenters. The second kappa shape index (κ2) is 9.23. The van der Waals surface area contributed by atoms with Gasteiger partial charge in [-0.1, -0.05) is 30.7 Å². The third-order valence-electron chi connectivity index (χ3n) is 5.77. The SMILES string of the molecule is C=CC[C@]1(c2ccc(OC)c(OC)c2)CC/C(C)=C/CC[C@H](C)[C@@H](O)C1=O. The Bertz CT molecular complexity index is 706. The molecular formula is C23H32O4. The van der Waals surface area contributed by atoms with Crippen molar-refractivity contribution in [2.45, 2.75) is 57.5 Å².